The van der Waals surface area contributed by atoms with E-state index in [0.717, 1.165) is 37.6 Å². The first-order valence-electron chi connectivity index (χ1n) is 12.4. The van der Waals surface area contributed by atoms with Gasteiger partial charge in [-0.15, -0.1) is 0 Å². The molecule has 2 aromatic rings. The topological polar surface area (TPSA) is 83.0 Å². The highest BCUT2D eigenvalue weighted by atomic mass is 19.4. The van der Waals surface area contributed by atoms with Gasteiger partial charge in [0.15, 0.2) is 0 Å². The highest BCUT2D eigenvalue weighted by Crippen LogP contribution is 2.40. The van der Waals surface area contributed by atoms with Crippen LogP contribution in [0.4, 0.5) is 19.0 Å². The Hall–Kier alpha value is -2.47. The first-order chi connectivity index (χ1) is 17.3. The standard InChI is InChI=1S/C25H32F3N5O3/c1-32-9-4-5-16(32)14-36-24-30-21-11-22(18-6-2-3-7-20(18)25(26,27)28)35-15-19(21)23(31-24)33-10-8-29-12-17(33)13-34/h2-3,6-7,16-17,22,29,34H,4-5,8-15H2,1H3/t16-,17+,22?/m0/s1. The molecule has 1 unspecified atom stereocenters. The zero-order chi connectivity index (χ0) is 25.3. The minimum atomic E-state index is -4.48. The summed E-state index contributed by atoms with van der Waals surface area (Å²) in [4.78, 5) is 13.7. The van der Waals surface area contributed by atoms with Gasteiger partial charge in [-0.3, -0.25) is 0 Å². The van der Waals surface area contributed by atoms with Gasteiger partial charge < -0.3 is 29.7 Å². The van der Waals surface area contributed by atoms with Gasteiger partial charge in [0.2, 0.25) is 0 Å². The molecule has 36 heavy (non-hydrogen) atoms. The van der Waals surface area contributed by atoms with Gasteiger partial charge in [-0.2, -0.15) is 23.1 Å². The summed E-state index contributed by atoms with van der Waals surface area (Å²) in [6.45, 7) is 3.42. The molecule has 0 bridgehead atoms. The SMILES string of the molecule is CN1CCC[C@H]1COc1nc2c(c(N3CCNC[C@@H]3CO)n1)COC(c1ccccc1C(F)(F)F)C2. The number of aromatic nitrogens is 2. The number of rotatable bonds is 6. The number of alkyl halides is 3. The van der Waals surface area contributed by atoms with E-state index in [4.69, 9.17) is 14.5 Å². The second-order valence-electron chi connectivity index (χ2n) is 9.67. The van der Waals surface area contributed by atoms with Crippen molar-refractivity contribution in [1.82, 2.24) is 20.2 Å². The Balaban J connectivity index is 1.48. The van der Waals surface area contributed by atoms with E-state index >= 15 is 0 Å². The molecule has 2 fully saturated rings. The van der Waals surface area contributed by atoms with Crippen LogP contribution in [-0.4, -0.2) is 78.5 Å². The summed E-state index contributed by atoms with van der Waals surface area (Å²) < 4.78 is 53.1. The number of fused-ring (bicyclic) bond motifs is 1. The number of ether oxygens (including phenoxy) is 2. The van der Waals surface area contributed by atoms with Crippen LogP contribution in [0.3, 0.4) is 0 Å². The van der Waals surface area contributed by atoms with Crippen LogP contribution in [0.25, 0.3) is 0 Å². The van der Waals surface area contributed by atoms with Crippen LogP contribution in [0, 0.1) is 0 Å². The summed E-state index contributed by atoms with van der Waals surface area (Å²) in [5.74, 6) is 0.623. The molecule has 4 heterocycles. The lowest BCUT2D eigenvalue weighted by atomic mass is 9.95. The number of likely N-dealkylation sites (N-methyl/N-ethyl adjacent to an activating group) is 1. The van der Waals surface area contributed by atoms with Crippen molar-refractivity contribution in [2.24, 2.45) is 0 Å². The fourth-order valence-corrected chi connectivity index (χ4v) is 5.33. The van der Waals surface area contributed by atoms with Gasteiger partial charge in [0.25, 0.3) is 0 Å². The fourth-order valence-electron chi connectivity index (χ4n) is 5.33. The Bertz CT molecular complexity index is 1070. The molecule has 2 saturated heterocycles. The molecular formula is C25H32F3N5O3. The average Bonchev–Trinajstić information content (AvgIpc) is 3.30. The maximum Gasteiger partial charge on any atom is 0.416 e. The molecule has 3 aliphatic heterocycles. The third-order valence-electron chi connectivity index (χ3n) is 7.38. The van der Waals surface area contributed by atoms with Crippen molar-refractivity contribution in [3.8, 4) is 6.01 Å². The molecule has 0 amide bonds. The van der Waals surface area contributed by atoms with Crippen molar-refractivity contribution in [3.63, 3.8) is 0 Å². The lowest BCUT2D eigenvalue weighted by molar-refractivity contribution is -0.139. The first kappa shape index (κ1) is 25.2. The highest BCUT2D eigenvalue weighted by Gasteiger charge is 2.38. The Morgan fingerprint density at radius 1 is 1.19 bits per heavy atom. The number of anilines is 1. The number of hydrogen-bond donors (Lipinski definition) is 2. The van der Waals surface area contributed by atoms with Crippen LogP contribution in [0.2, 0.25) is 0 Å². The summed E-state index contributed by atoms with van der Waals surface area (Å²) in [5, 5.41) is 13.2. The number of halogens is 3. The smallest absolute Gasteiger partial charge is 0.416 e. The molecule has 5 rings (SSSR count). The highest BCUT2D eigenvalue weighted by molar-refractivity contribution is 5.52. The van der Waals surface area contributed by atoms with Crippen molar-refractivity contribution < 1.29 is 27.8 Å². The molecule has 3 atom stereocenters. The zero-order valence-corrected chi connectivity index (χ0v) is 20.3. The Morgan fingerprint density at radius 3 is 2.78 bits per heavy atom. The van der Waals surface area contributed by atoms with E-state index in [-0.39, 0.29) is 43.3 Å². The lowest BCUT2D eigenvalue weighted by Gasteiger charge is -2.38. The van der Waals surface area contributed by atoms with Gasteiger partial charge in [-0.05, 0) is 38.1 Å². The molecule has 1 aromatic carbocycles. The summed E-state index contributed by atoms with van der Waals surface area (Å²) in [7, 11) is 2.06. The number of hydrogen-bond acceptors (Lipinski definition) is 8. The third-order valence-corrected chi connectivity index (χ3v) is 7.38. The van der Waals surface area contributed by atoms with E-state index in [1.165, 1.54) is 12.1 Å². The van der Waals surface area contributed by atoms with Gasteiger partial charge in [0.1, 0.15) is 12.4 Å². The number of aliphatic hydroxyl groups is 1. The van der Waals surface area contributed by atoms with Crippen LogP contribution in [0.1, 0.15) is 41.3 Å². The normalized spacial score (nSPS) is 25.1. The van der Waals surface area contributed by atoms with Gasteiger partial charge in [0.05, 0.1) is 36.6 Å². The molecule has 1 aromatic heterocycles. The van der Waals surface area contributed by atoms with Gasteiger partial charge >= 0.3 is 12.2 Å². The average molecular weight is 508 g/mol. The largest absolute Gasteiger partial charge is 0.462 e. The Kier molecular flexibility index (Phi) is 7.34. The minimum absolute atomic E-state index is 0.0583. The number of benzene rings is 1. The van der Waals surface area contributed by atoms with Gasteiger partial charge in [-0.1, -0.05) is 18.2 Å². The van der Waals surface area contributed by atoms with Crippen LogP contribution < -0.4 is 15.0 Å². The molecule has 2 N–H and O–H groups in total. The summed E-state index contributed by atoms with van der Waals surface area (Å²) >= 11 is 0. The third kappa shape index (κ3) is 5.15. The molecule has 196 valence electrons. The molecule has 8 nitrogen and oxygen atoms in total. The maximum atomic E-state index is 13.7. The van der Waals surface area contributed by atoms with Crippen LogP contribution in [0.5, 0.6) is 6.01 Å². The second-order valence-corrected chi connectivity index (χ2v) is 9.67. The second kappa shape index (κ2) is 10.5. The van der Waals surface area contributed by atoms with Crippen molar-refractivity contribution in [2.75, 3.05) is 51.3 Å². The number of aliphatic hydroxyl groups excluding tert-OH is 1. The monoisotopic (exact) mass is 507 g/mol. The van der Waals surface area contributed by atoms with Crippen molar-refractivity contribution in [2.45, 2.75) is 50.2 Å². The molecule has 0 saturated carbocycles. The minimum Gasteiger partial charge on any atom is -0.462 e. The Labute approximate surface area is 208 Å². The van der Waals surface area contributed by atoms with E-state index in [1.807, 2.05) is 4.90 Å². The van der Waals surface area contributed by atoms with Gasteiger partial charge in [0, 0.05) is 37.7 Å². The summed E-state index contributed by atoms with van der Waals surface area (Å²) in [6.07, 6.45) is -2.95. The van der Waals surface area contributed by atoms with E-state index in [0.29, 0.717) is 31.2 Å². The van der Waals surface area contributed by atoms with Crippen LogP contribution >= 0.6 is 0 Å². The predicted molar refractivity (Wildman–Crippen MR) is 127 cm³/mol. The fraction of sp³-hybridized carbons (Fsp3) is 0.600. The van der Waals surface area contributed by atoms with Crippen LogP contribution in [0.15, 0.2) is 24.3 Å². The molecule has 11 heteroatoms. The van der Waals surface area contributed by atoms with E-state index in [9.17, 15) is 18.3 Å². The lowest BCUT2D eigenvalue weighted by Crippen LogP contribution is -2.54. The number of nitrogens with zero attached hydrogens (tertiary/aromatic N) is 4. The summed E-state index contributed by atoms with van der Waals surface area (Å²) in [6, 6.07) is 5.82. The molecule has 0 spiro atoms. The predicted octanol–water partition coefficient (Wildman–Crippen LogP) is 2.55. The van der Waals surface area contributed by atoms with Crippen molar-refractivity contribution in [3.05, 3.63) is 46.6 Å². The maximum absolute atomic E-state index is 13.7. The van der Waals surface area contributed by atoms with Crippen molar-refractivity contribution >= 4 is 5.82 Å². The first-order valence-corrected chi connectivity index (χ1v) is 12.4. The molecule has 0 radical (unpaired) electrons. The number of piperazine rings is 1. The van der Waals surface area contributed by atoms with E-state index < -0.39 is 17.8 Å². The van der Waals surface area contributed by atoms with E-state index in [1.54, 1.807) is 6.07 Å². The quantitative estimate of drug-likeness (QED) is 0.618. The number of likely N-dealkylation sites (tertiary alicyclic amines) is 1. The van der Waals surface area contributed by atoms with E-state index in [2.05, 4.69) is 22.2 Å². The van der Waals surface area contributed by atoms with Crippen LogP contribution in [-0.2, 0) is 23.9 Å². The Morgan fingerprint density at radius 2 is 2.03 bits per heavy atom. The van der Waals surface area contributed by atoms with Gasteiger partial charge in [-0.25, -0.2) is 0 Å². The van der Waals surface area contributed by atoms with Crippen molar-refractivity contribution in [1.29, 1.82) is 0 Å². The zero-order valence-electron chi connectivity index (χ0n) is 20.3. The molecular weight excluding hydrogens is 475 g/mol. The molecule has 0 aliphatic carbocycles. The number of nitrogens with one attached hydrogen (secondary N) is 1. The molecule has 3 aliphatic rings. The summed E-state index contributed by atoms with van der Waals surface area (Å²) in [5.41, 5.74) is 0.761.